The molecule has 0 radical (unpaired) electrons. The minimum absolute atomic E-state index is 0.297. The van der Waals surface area contributed by atoms with Crippen LogP contribution >= 0.6 is 0 Å². The number of methoxy groups -OCH3 is 1. The van der Waals surface area contributed by atoms with Gasteiger partial charge in [0.15, 0.2) is 0 Å². The number of benzene rings is 2. The molecule has 2 aromatic heterocycles. The van der Waals surface area contributed by atoms with E-state index in [9.17, 15) is 9.59 Å². The van der Waals surface area contributed by atoms with Crippen molar-refractivity contribution in [3.05, 3.63) is 95.9 Å². The first-order valence-corrected chi connectivity index (χ1v) is 9.87. The van der Waals surface area contributed by atoms with E-state index in [0.717, 1.165) is 11.3 Å². The van der Waals surface area contributed by atoms with Gasteiger partial charge in [0.05, 0.1) is 23.9 Å². The summed E-state index contributed by atoms with van der Waals surface area (Å²) in [5.41, 5.74) is 8.58. The summed E-state index contributed by atoms with van der Waals surface area (Å²) in [4.78, 5) is 29.2. The van der Waals surface area contributed by atoms with Gasteiger partial charge in [0.25, 0.3) is 11.8 Å². The van der Waals surface area contributed by atoms with E-state index in [2.05, 4.69) is 20.9 Å². The maximum atomic E-state index is 13.0. The van der Waals surface area contributed by atoms with Gasteiger partial charge >= 0.3 is 0 Å². The quantitative estimate of drug-likeness (QED) is 0.476. The van der Waals surface area contributed by atoms with E-state index in [-0.39, 0.29) is 0 Å². The molecule has 2 N–H and O–H groups in total. The SMILES string of the molecule is COc1cccc(-c2nn(-c3ccc(C)cc3)cc2C(=O)NNC(=O)c2cccnc2)c1. The van der Waals surface area contributed by atoms with Gasteiger partial charge in [0.1, 0.15) is 11.4 Å². The number of carbonyl (C=O) groups is 2. The van der Waals surface area contributed by atoms with Gasteiger partial charge in [0.2, 0.25) is 0 Å². The van der Waals surface area contributed by atoms with Gasteiger partial charge in [-0.3, -0.25) is 25.4 Å². The number of aryl methyl sites for hydroxylation is 1. The summed E-state index contributed by atoms with van der Waals surface area (Å²) in [6, 6.07) is 18.3. The van der Waals surface area contributed by atoms with E-state index in [1.165, 1.54) is 6.20 Å². The lowest BCUT2D eigenvalue weighted by Gasteiger charge is -2.08. The second-order valence-corrected chi connectivity index (χ2v) is 7.05. The van der Waals surface area contributed by atoms with Crippen LogP contribution in [0.5, 0.6) is 5.75 Å². The molecular weight excluding hydrogens is 406 g/mol. The van der Waals surface area contributed by atoms with Gasteiger partial charge in [-0.15, -0.1) is 0 Å². The molecule has 8 heteroatoms. The molecule has 0 atom stereocenters. The summed E-state index contributed by atoms with van der Waals surface area (Å²) >= 11 is 0. The average molecular weight is 427 g/mol. The Morgan fingerprint density at radius 1 is 0.969 bits per heavy atom. The summed E-state index contributed by atoms with van der Waals surface area (Å²) in [5, 5.41) is 4.64. The van der Waals surface area contributed by atoms with Crippen molar-refractivity contribution in [3.8, 4) is 22.7 Å². The van der Waals surface area contributed by atoms with E-state index in [0.29, 0.717) is 28.1 Å². The number of hydrogen-bond donors (Lipinski definition) is 2. The Hall–Kier alpha value is -4.46. The lowest BCUT2D eigenvalue weighted by molar-refractivity contribution is 0.0847. The van der Waals surface area contributed by atoms with Crippen molar-refractivity contribution < 1.29 is 14.3 Å². The van der Waals surface area contributed by atoms with Crippen LogP contribution in [0.4, 0.5) is 0 Å². The van der Waals surface area contributed by atoms with Crippen LogP contribution in [0.3, 0.4) is 0 Å². The highest BCUT2D eigenvalue weighted by molar-refractivity contribution is 6.02. The van der Waals surface area contributed by atoms with E-state index in [1.807, 2.05) is 49.4 Å². The molecule has 0 spiro atoms. The molecule has 0 aliphatic heterocycles. The van der Waals surface area contributed by atoms with Crippen LogP contribution < -0.4 is 15.6 Å². The summed E-state index contributed by atoms with van der Waals surface area (Å²) in [7, 11) is 1.58. The van der Waals surface area contributed by atoms with E-state index in [4.69, 9.17) is 4.74 Å². The lowest BCUT2D eigenvalue weighted by atomic mass is 10.1. The Kier molecular flexibility index (Phi) is 5.94. The third kappa shape index (κ3) is 4.49. The fourth-order valence-electron chi connectivity index (χ4n) is 3.10. The number of carbonyl (C=O) groups excluding carboxylic acids is 2. The van der Waals surface area contributed by atoms with Crippen molar-refractivity contribution in [3.63, 3.8) is 0 Å². The van der Waals surface area contributed by atoms with Gasteiger partial charge < -0.3 is 4.74 Å². The molecule has 32 heavy (non-hydrogen) atoms. The number of aromatic nitrogens is 3. The molecule has 2 amide bonds. The van der Waals surface area contributed by atoms with Gasteiger partial charge in [-0.1, -0.05) is 29.8 Å². The maximum absolute atomic E-state index is 13.0. The fourth-order valence-corrected chi connectivity index (χ4v) is 3.10. The molecule has 0 unspecified atom stereocenters. The van der Waals surface area contributed by atoms with Crippen molar-refractivity contribution in [2.75, 3.05) is 7.11 Å². The van der Waals surface area contributed by atoms with Gasteiger partial charge in [-0.2, -0.15) is 5.10 Å². The molecule has 2 heterocycles. The third-order valence-corrected chi connectivity index (χ3v) is 4.81. The largest absolute Gasteiger partial charge is 0.497 e. The van der Waals surface area contributed by atoms with Crippen molar-refractivity contribution in [2.45, 2.75) is 6.92 Å². The predicted molar refractivity (Wildman–Crippen MR) is 119 cm³/mol. The molecular formula is C24H21N5O3. The zero-order valence-corrected chi connectivity index (χ0v) is 17.6. The first-order chi connectivity index (χ1) is 15.5. The zero-order valence-electron chi connectivity index (χ0n) is 17.6. The number of hydrazine groups is 1. The van der Waals surface area contributed by atoms with E-state index in [1.54, 1.807) is 42.4 Å². The third-order valence-electron chi connectivity index (χ3n) is 4.81. The maximum Gasteiger partial charge on any atom is 0.273 e. The highest BCUT2D eigenvalue weighted by Crippen LogP contribution is 2.27. The fraction of sp³-hybridized carbons (Fsp3) is 0.0833. The number of ether oxygens (including phenoxy) is 1. The van der Waals surface area contributed by atoms with Crippen molar-refractivity contribution in [1.82, 2.24) is 25.6 Å². The monoisotopic (exact) mass is 427 g/mol. The van der Waals surface area contributed by atoms with Crippen molar-refractivity contribution in [2.24, 2.45) is 0 Å². The number of pyridine rings is 1. The normalized spacial score (nSPS) is 10.4. The number of rotatable bonds is 5. The van der Waals surface area contributed by atoms with Crippen LogP contribution in [0.15, 0.2) is 79.3 Å². The molecule has 8 nitrogen and oxygen atoms in total. The van der Waals surface area contributed by atoms with Crippen LogP contribution in [-0.2, 0) is 0 Å². The van der Waals surface area contributed by atoms with Gasteiger partial charge in [0, 0.05) is 24.2 Å². The van der Waals surface area contributed by atoms with Gasteiger partial charge in [-0.05, 0) is 43.3 Å². The lowest BCUT2D eigenvalue weighted by Crippen LogP contribution is -2.41. The molecule has 0 aliphatic carbocycles. The molecule has 160 valence electrons. The topological polar surface area (TPSA) is 98.1 Å². The first-order valence-electron chi connectivity index (χ1n) is 9.87. The van der Waals surface area contributed by atoms with Crippen molar-refractivity contribution in [1.29, 1.82) is 0 Å². The number of amides is 2. The zero-order chi connectivity index (χ0) is 22.5. The molecule has 0 bridgehead atoms. The molecule has 0 saturated carbocycles. The highest BCUT2D eigenvalue weighted by atomic mass is 16.5. The summed E-state index contributed by atoms with van der Waals surface area (Å²) in [5.74, 6) is -0.331. The molecule has 0 aliphatic rings. The minimum atomic E-state index is -0.501. The van der Waals surface area contributed by atoms with Crippen LogP contribution in [0, 0.1) is 6.92 Å². The van der Waals surface area contributed by atoms with Gasteiger partial charge in [-0.25, -0.2) is 4.68 Å². The smallest absolute Gasteiger partial charge is 0.273 e. The number of hydrogen-bond acceptors (Lipinski definition) is 5. The summed E-state index contributed by atoms with van der Waals surface area (Å²) in [6.45, 7) is 2.00. The highest BCUT2D eigenvalue weighted by Gasteiger charge is 2.20. The molecule has 4 rings (SSSR count). The van der Waals surface area contributed by atoms with Crippen LogP contribution in [0.2, 0.25) is 0 Å². The number of nitrogens with one attached hydrogen (secondary N) is 2. The van der Waals surface area contributed by atoms with Crippen LogP contribution in [0.1, 0.15) is 26.3 Å². The van der Waals surface area contributed by atoms with E-state index >= 15 is 0 Å². The Bertz CT molecular complexity index is 1250. The predicted octanol–water partition coefficient (Wildman–Crippen LogP) is 3.33. The van der Waals surface area contributed by atoms with Crippen LogP contribution in [-0.4, -0.2) is 33.7 Å². The molecule has 0 fully saturated rings. The average Bonchev–Trinajstić information content (AvgIpc) is 3.29. The second-order valence-electron chi connectivity index (χ2n) is 7.05. The minimum Gasteiger partial charge on any atom is -0.497 e. The summed E-state index contributed by atoms with van der Waals surface area (Å²) < 4.78 is 6.94. The van der Waals surface area contributed by atoms with Crippen molar-refractivity contribution >= 4 is 11.8 Å². The Labute approximate surface area is 184 Å². The van der Waals surface area contributed by atoms with Crippen LogP contribution in [0.25, 0.3) is 16.9 Å². The standard InChI is InChI=1S/C24H21N5O3/c1-16-8-10-19(11-9-16)29-15-21(22(28-29)17-5-3-7-20(13-17)32-2)24(31)27-26-23(30)18-6-4-12-25-14-18/h3-15H,1-2H3,(H,26,30)(H,27,31). The number of nitrogens with zero attached hydrogens (tertiary/aromatic N) is 3. The Morgan fingerprint density at radius 2 is 1.75 bits per heavy atom. The first kappa shape index (κ1) is 20.8. The molecule has 0 saturated heterocycles. The second kappa shape index (κ2) is 9.13. The Morgan fingerprint density at radius 3 is 2.47 bits per heavy atom. The molecule has 4 aromatic rings. The Balaban J connectivity index is 1.66. The molecule has 2 aromatic carbocycles. The summed E-state index contributed by atoms with van der Waals surface area (Å²) in [6.07, 6.45) is 4.61. The van der Waals surface area contributed by atoms with E-state index < -0.39 is 11.8 Å².